The summed E-state index contributed by atoms with van der Waals surface area (Å²) >= 11 is 12.4. The number of hydrogen-bond acceptors (Lipinski definition) is 4. The number of H-pyrrole nitrogens is 1. The third-order valence-electron chi connectivity index (χ3n) is 6.15. The van der Waals surface area contributed by atoms with Crippen LogP contribution >= 0.6 is 23.2 Å². The van der Waals surface area contributed by atoms with Gasteiger partial charge in [-0.2, -0.15) is 0 Å². The van der Waals surface area contributed by atoms with Crippen LogP contribution in [0.5, 0.6) is 0 Å². The van der Waals surface area contributed by atoms with Crippen molar-refractivity contribution in [3.63, 3.8) is 0 Å². The third-order valence-corrected chi connectivity index (χ3v) is 6.89. The monoisotopic (exact) mass is 531 g/mol. The number of nitrogens with zero attached hydrogens (tertiary/aromatic N) is 2. The summed E-state index contributed by atoms with van der Waals surface area (Å²) in [6.07, 6.45) is 2.69. The zero-order valence-corrected chi connectivity index (χ0v) is 22.9. The van der Waals surface area contributed by atoms with Crippen LogP contribution < -0.4 is 0 Å². The topological polar surface area (TPSA) is 65.6 Å². The van der Waals surface area contributed by atoms with Crippen molar-refractivity contribution in [2.75, 3.05) is 26.2 Å². The minimum Gasteiger partial charge on any atom is -0.465 e. The average Bonchev–Trinajstić information content (AvgIpc) is 3.26. The van der Waals surface area contributed by atoms with Crippen LogP contribution in [0.15, 0.2) is 48.7 Å². The first-order chi connectivity index (χ1) is 17.2. The highest BCUT2D eigenvalue weighted by Gasteiger charge is 2.27. The second kappa shape index (κ2) is 13.1. The highest BCUT2D eigenvalue weighted by atomic mass is 35.5. The van der Waals surface area contributed by atoms with E-state index < -0.39 is 6.04 Å². The van der Waals surface area contributed by atoms with E-state index in [9.17, 15) is 9.59 Å². The lowest BCUT2D eigenvalue weighted by atomic mass is 10.1. The molecule has 194 valence electrons. The number of nitrogens with one attached hydrogen (secondary N) is 1. The molecule has 8 heteroatoms. The molecule has 0 unspecified atom stereocenters. The van der Waals surface area contributed by atoms with Crippen molar-refractivity contribution < 1.29 is 14.3 Å². The molecule has 1 aromatic heterocycles. The molecule has 0 saturated heterocycles. The summed E-state index contributed by atoms with van der Waals surface area (Å²) in [4.78, 5) is 33.2. The number of halogens is 2. The molecule has 2 aromatic carbocycles. The van der Waals surface area contributed by atoms with E-state index in [-0.39, 0.29) is 24.3 Å². The van der Waals surface area contributed by atoms with Gasteiger partial charge in [0.15, 0.2) is 0 Å². The summed E-state index contributed by atoms with van der Waals surface area (Å²) in [6.45, 7) is 9.66. The van der Waals surface area contributed by atoms with Gasteiger partial charge in [-0.15, -0.1) is 0 Å². The second-order valence-electron chi connectivity index (χ2n) is 9.42. The van der Waals surface area contributed by atoms with Gasteiger partial charge in [0.1, 0.15) is 6.04 Å². The van der Waals surface area contributed by atoms with E-state index in [0.29, 0.717) is 42.7 Å². The Balaban J connectivity index is 1.82. The molecular formula is C28H35Cl2N3O3. The standard InChI is InChI=1S/C28H35Cl2N3O3/c1-5-36-28(35)20(4)33(16-19(2)3)18-27(34)32(17-21-10-11-24(29)25(30)14-21)13-12-22-15-31-26-9-7-6-8-23(22)26/h6-11,14-15,19-20,31H,5,12-13,16-18H2,1-4H3/t20-/m0/s1. The van der Waals surface area contributed by atoms with E-state index in [1.165, 1.54) is 0 Å². The van der Waals surface area contributed by atoms with Crippen molar-refractivity contribution in [2.45, 2.75) is 46.7 Å². The summed E-state index contributed by atoms with van der Waals surface area (Å²) in [5, 5.41) is 2.08. The normalized spacial score (nSPS) is 12.3. The van der Waals surface area contributed by atoms with Crippen LogP contribution in [0.3, 0.4) is 0 Å². The van der Waals surface area contributed by atoms with E-state index in [4.69, 9.17) is 27.9 Å². The van der Waals surface area contributed by atoms with Crippen LogP contribution in [0.1, 0.15) is 38.8 Å². The van der Waals surface area contributed by atoms with E-state index >= 15 is 0 Å². The number of benzene rings is 2. The summed E-state index contributed by atoms with van der Waals surface area (Å²) in [7, 11) is 0. The average molecular weight is 533 g/mol. The number of amides is 1. The lowest BCUT2D eigenvalue weighted by molar-refractivity contribution is -0.150. The van der Waals surface area contributed by atoms with Gasteiger partial charge in [-0.25, -0.2) is 0 Å². The Morgan fingerprint density at radius 2 is 1.81 bits per heavy atom. The minimum absolute atomic E-state index is 0.0577. The zero-order chi connectivity index (χ0) is 26.2. The fourth-order valence-corrected chi connectivity index (χ4v) is 4.58. The first-order valence-electron chi connectivity index (χ1n) is 12.4. The molecule has 0 fully saturated rings. The van der Waals surface area contributed by atoms with Crippen molar-refractivity contribution >= 4 is 46.0 Å². The van der Waals surface area contributed by atoms with Gasteiger partial charge in [0, 0.05) is 36.7 Å². The van der Waals surface area contributed by atoms with Crippen LogP contribution in [0, 0.1) is 5.92 Å². The number of esters is 1. The molecule has 3 aromatic rings. The maximum atomic E-state index is 13.7. The van der Waals surface area contributed by atoms with Crippen molar-refractivity contribution in [2.24, 2.45) is 5.92 Å². The van der Waals surface area contributed by atoms with E-state index in [1.807, 2.05) is 40.3 Å². The number of para-hydroxylation sites is 1. The maximum Gasteiger partial charge on any atom is 0.323 e. The van der Waals surface area contributed by atoms with Gasteiger partial charge < -0.3 is 14.6 Å². The van der Waals surface area contributed by atoms with Gasteiger partial charge >= 0.3 is 5.97 Å². The minimum atomic E-state index is -0.517. The number of carbonyl (C=O) groups excluding carboxylic acids is 2. The number of carbonyl (C=O) groups is 2. The first-order valence-corrected chi connectivity index (χ1v) is 13.1. The Morgan fingerprint density at radius 1 is 1.06 bits per heavy atom. The summed E-state index contributed by atoms with van der Waals surface area (Å²) in [5.74, 6) is -0.0945. The smallest absolute Gasteiger partial charge is 0.323 e. The lowest BCUT2D eigenvalue weighted by Gasteiger charge is -2.31. The molecule has 0 aliphatic carbocycles. The van der Waals surface area contributed by atoms with Crippen LogP contribution in [-0.4, -0.2) is 58.9 Å². The highest BCUT2D eigenvalue weighted by Crippen LogP contribution is 2.24. The Kier molecular flexibility index (Phi) is 10.2. The molecule has 1 N–H and O–H groups in total. The molecule has 36 heavy (non-hydrogen) atoms. The number of aromatic amines is 1. The van der Waals surface area contributed by atoms with E-state index in [0.717, 1.165) is 22.0 Å². The summed E-state index contributed by atoms with van der Waals surface area (Å²) < 4.78 is 5.23. The molecule has 0 saturated carbocycles. The zero-order valence-electron chi connectivity index (χ0n) is 21.4. The molecule has 1 amide bonds. The Labute approximate surface area is 223 Å². The van der Waals surface area contributed by atoms with Crippen LogP contribution in [0.25, 0.3) is 10.9 Å². The van der Waals surface area contributed by atoms with Crippen LogP contribution in [-0.2, 0) is 27.3 Å². The molecule has 1 heterocycles. The van der Waals surface area contributed by atoms with Crippen molar-refractivity contribution in [1.82, 2.24) is 14.8 Å². The van der Waals surface area contributed by atoms with Crippen molar-refractivity contribution in [3.8, 4) is 0 Å². The molecular weight excluding hydrogens is 497 g/mol. The number of fused-ring (bicyclic) bond motifs is 1. The first kappa shape index (κ1) is 28.0. The molecule has 0 aliphatic heterocycles. The third kappa shape index (κ3) is 7.48. The molecule has 0 aliphatic rings. The van der Waals surface area contributed by atoms with Crippen molar-refractivity contribution in [3.05, 3.63) is 69.8 Å². The predicted molar refractivity (Wildman–Crippen MR) is 146 cm³/mol. The van der Waals surface area contributed by atoms with Gasteiger partial charge in [-0.3, -0.25) is 14.5 Å². The number of aromatic nitrogens is 1. The predicted octanol–water partition coefficient (Wildman–Crippen LogP) is 5.96. The van der Waals surface area contributed by atoms with Gasteiger partial charge in [-0.05, 0) is 55.5 Å². The molecule has 1 atom stereocenters. The van der Waals surface area contributed by atoms with Gasteiger partial charge in [0.2, 0.25) is 5.91 Å². The summed E-state index contributed by atoms with van der Waals surface area (Å²) in [6, 6.07) is 13.0. The SMILES string of the molecule is CCOC(=O)[C@H](C)N(CC(=O)N(CCc1c[nH]c2ccccc12)Cc1ccc(Cl)c(Cl)c1)CC(C)C. The maximum absolute atomic E-state index is 13.7. The Bertz CT molecular complexity index is 1180. The molecule has 0 spiro atoms. The summed E-state index contributed by atoms with van der Waals surface area (Å²) in [5.41, 5.74) is 3.11. The number of ether oxygens (including phenoxy) is 1. The molecule has 0 radical (unpaired) electrons. The Morgan fingerprint density at radius 3 is 2.50 bits per heavy atom. The molecule has 0 bridgehead atoms. The quantitative estimate of drug-likeness (QED) is 0.293. The van der Waals surface area contributed by atoms with Crippen LogP contribution in [0.4, 0.5) is 0 Å². The molecule has 3 rings (SSSR count). The van der Waals surface area contributed by atoms with E-state index in [2.05, 4.69) is 24.9 Å². The second-order valence-corrected chi connectivity index (χ2v) is 10.2. The molecule has 6 nitrogen and oxygen atoms in total. The lowest BCUT2D eigenvalue weighted by Crippen LogP contribution is -2.48. The van der Waals surface area contributed by atoms with Gasteiger partial charge in [0.25, 0.3) is 0 Å². The van der Waals surface area contributed by atoms with Crippen LogP contribution in [0.2, 0.25) is 10.0 Å². The van der Waals surface area contributed by atoms with Gasteiger partial charge in [-0.1, -0.05) is 61.3 Å². The van der Waals surface area contributed by atoms with Crippen molar-refractivity contribution in [1.29, 1.82) is 0 Å². The van der Waals surface area contributed by atoms with E-state index in [1.54, 1.807) is 26.0 Å². The van der Waals surface area contributed by atoms with Gasteiger partial charge in [0.05, 0.1) is 23.2 Å². The highest BCUT2D eigenvalue weighted by molar-refractivity contribution is 6.42. The number of rotatable bonds is 12. The number of hydrogen-bond donors (Lipinski definition) is 1. The fourth-order valence-electron chi connectivity index (χ4n) is 4.26. The largest absolute Gasteiger partial charge is 0.465 e. The Hall–Kier alpha value is -2.54. The fraction of sp³-hybridized carbons (Fsp3) is 0.429.